The number of rotatable bonds is 5. The van der Waals surface area contributed by atoms with E-state index in [4.69, 9.17) is 0 Å². The Morgan fingerprint density at radius 2 is 2.19 bits per heavy atom. The molecule has 1 saturated heterocycles. The molecule has 1 aliphatic rings. The van der Waals surface area contributed by atoms with Gasteiger partial charge in [0, 0.05) is 12.6 Å². The fraction of sp³-hybridized carbons (Fsp3) is 1.00. The SMILES string of the molecule is CC(O)CC1CCCN1CCOC(F)(F)F. The van der Waals surface area contributed by atoms with Crippen LogP contribution in [-0.4, -0.2) is 48.2 Å². The fourth-order valence-electron chi connectivity index (χ4n) is 2.13. The third-order valence-electron chi connectivity index (χ3n) is 2.76. The quantitative estimate of drug-likeness (QED) is 0.796. The zero-order chi connectivity index (χ0) is 12.2. The van der Waals surface area contributed by atoms with E-state index in [2.05, 4.69) is 4.74 Å². The minimum atomic E-state index is -4.54. The average Bonchev–Trinajstić information content (AvgIpc) is 2.49. The van der Waals surface area contributed by atoms with Gasteiger partial charge in [-0.3, -0.25) is 9.64 Å². The second kappa shape index (κ2) is 5.84. The molecule has 96 valence electrons. The zero-order valence-electron chi connectivity index (χ0n) is 9.33. The first-order valence-corrected chi connectivity index (χ1v) is 5.51. The van der Waals surface area contributed by atoms with Gasteiger partial charge in [-0.05, 0) is 32.7 Å². The summed E-state index contributed by atoms with van der Waals surface area (Å²) in [5.74, 6) is 0. The number of hydrogen-bond acceptors (Lipinski definition) is 3. The summed E-state index contributed by atoms with van der Waals surface area (Å²) in [6.45, 7) is 2.43. The third-order valence-corrected chi connectivity index (χ3v) is 2.76. The highest BCUT2D eigenvalue weighted by Gasteiger charge is 2.30. The molecule has 1 fully saturated rings. The molecule has 0 amide bonds. The predicted molar refractivity (Wildman–Crippen MR) is 52.9 cm³/mol. The first-order valence-electron chi connectivity index (χ1n) is 5.51. The van der Waals surface area contributed by atoms with Crippen molar-refractivity contribution in [2.24, 2.45) is 0 Å². The molecule has 2 unspecified atom stereocenters. The molecule has 6 heteroatoms. The van der Waals surface area contributed by atoms with Crippen molar-refractivity contribution in [3.63, 3.8) is 0 Å². The smallest absolute Gasteiger partial charge is 0.393 e. The van der Waals surface area contributed by atoms with E-state index in [9.17, 15) is 18.3 Å². The molecule has 16 heavy (non-hydrogen) atoms. The Kier molecular flexibility index (Phi) is 5.01. The Morgan fingerprint density at radius 3 is 2.75 bits per heavy atom. The van der Waals surface area contributed by atoms with Gasteiger partial charge in [0.2, 0.25) is 0 Å². The Labute approximate surface area is 93.2 Å². The normalized spacial score (nSPS) is 24.9. The molecule has 0 spiro atoms. The van der Waals surface area contributed by atoms with Crippen molar-refractivity contribution in [3.8, 4) is 0 Å². The van der Waals surface area contributed by atoms with E-state index in [1.807, 2.05) is 4.90 Å². The first-order chi connectivity index (χ1) is 7.38. The minimum Gasteiger partial charge on any atom is -0.393 e. The molecule has 3 nitrogen and oxygen atoms in total. The summed E-state index contributed by atoms with van der Waals surface area (Å²) in [6.07, 6.45) is -2.42. The second-order valence-electron chi connectivity index (χ2n) is 4.21. The number of hydrogen-bond donors (Lipinski definition) is 1. The number of aliphatic hydroxyl groups is 1. The molecule has 0 aliphatic carbocycles. The van der Waals surface area contributed by atoms with E-state index in [0.29, 0.717) is 6.42 Å². The maximum atomic E-state index is 11.8. The standard InChI is InChI=1S/C10H18F3NO2/c1-8(15)7-9-3-2-4-14(9)5-6-16-10(11,12)13/h8-9,15H,2-7H2,1H3. The number of alkyl halides is 3. The van der Waals surface area contributed by atoms with Crippen molar-refractivity contribution in [2.45, 2.75) is 44.7 Å². The van der Waals surface area contributed by atoms with Crippen LogP contribution in [0.3, 0.4) is 0 Å². The number of ether oxygens (including phenoxy) is 1. The van der Waals surface area contributed by atoms with Gasteiger partial charge >= 0.3 is 6.36 Å². The van der Waals surface area contributed by atoms with Crippen LogP contribution in [0, 0.1) is 0 Å². The molecule has 1 aliphatic heterocycles. The van der Waals surface area contributed by atoms with Crippen LogP contribution in [0.2, 0.25) is 0 Å². The molecule has 0 radical (unpaired) electrons. The van der Waals surface area contributed by atoms with E-state index in [1.54, 1.807) is 6.92 Å². The topological polar surface area (TPSA) is 32.7 Å². The van der Waals surface area contributed by atoms with Crippen LogP contribution in [0.5, 0.6) is 0 Å². The summed E-state index contributed by atoms with van der Waals surface area (Å²) in [6, 6.07) is 0.192. The number of halogens is 3. The van der Waals surface area contributed by atoms with Crippen molar-refractivity contribution >= 4 is 0 Å². The van der Waals surface area contributed by atoms with E-state index in [1.165, 1.54) is 0 Å². The summed E-state index contributed by atoms with van der Waals surface area (Å²) in [7, 11) is 0. The van der Waals surface area contributed by atoms with Gasteiger partial charge in [0.25, 0.3) is 0 Å². The van der Waals surface area contributed by atoms with Crippen molar-refractivity contribution in [1.29, 1.82) is 0 Å². The molecule has 1 rings (SSSR count). The maximum absolute atomic E-state index is 11.8. The van der Waals surface area contributed by atoms with Gasteiger partial charge in [0.1, 0.15) is 0 Å². The van der Waals surface area contributed by atoms with Crippen LogP contribution in [0.1, 0.15) is 26.2 Å². The molecule has 1 N–H and O–H groups in total. The Hall–Kier alpha value is -0.330. The van der Waals surface area contributed by atoms with E-state index < -0.39 is 12.5 Å². The van der Waals surface area contributed by atoms with Crippen LogP contribution >= 0.6 is 0 Å². The lowest BCUT2D eigenvalue weighted by Crippen LogP contribution is -2.35. The second-order valence-corrected chi connectivity index (χ2v) is 4.21. The van der Waals surface area contributed by atoms with Crippen LogP contribution in [0.25, 0.3) is 0 Å². The van der Waals surface area contributed by atoms with Crippen molar-refractivity contribution in [2.75, 3.05) is 19.7 Å². The summed E-state index contributed by atoms with van der Waals surface area (Å²) >= 11 is 0. The lowest BCUT2D eigenvalue weighted by atomic mass is 10.1. The van der Waals surface area contributed by atoms with Gasteiger partial charge in [-0.25, -0.2) is 0 Å². The van der Waals surface area contributed by atoms with E-state index in [0.717, 1.165) is 19.4 Å². The van der Waals surface area contributed by atoms with Gasteiger partial charge in [0.05, 0.1) is 12.7 Å². The highest BCUT2D eigenvalue weighted by molar-refractivity contribution is 4.80. The molecular formula is C10H18F3NO2. The van der Waals surface area contributed by atoms with Gasteiger partial charge in [-0.15, -0.1) is 13.2 Å². The zero-order valence-corrected chi connectivity index (χ0v) is 9.33. The molecule has 2 atom stereocenters. The summed E-state index contributed by atoms with van der Waals surface area (Å²) in [5.41, 5.74) is 0. The molecule has 0 aromatic heterocycles. The summed E-state index contributed by atoms with van der Waals surface area (Å²) in [4.78, 5) is 1.96. The van der Waals surface area contributed by atoms with Gasteiger partial charge in [-0.1, -0.05) is 0 Å². The summed E-state index contributed by atoms with van der Waals surface area (Å²) < 4.78 is 39.0. The Morgan fingerprint density at radius 1 is 1.50 bits per heavy atom. The highest BCUT2D eigenvalue weighted by Crippen LogP contribution is 2.22. The Balaban J connectivity index is 2.25. The fourth-order valence-corrected chi connectivity index (χ4v) is 2.13. The molecule has 0 bridgehead atoms. The third kappa shape index (κ3) is 5.14. The molecule has 0 aromatic rings. The maximum Gasteiger partial charge on any atom is 0.522 e. The molecule has 0 aromatic carbocycles. The average molecular weight is 241 g/mol. The van der Waals surface area contributed by atoms with Crippen LogP contribution in [0.4, 0.5) is 13.2 Å². The van der Waals surface area contributed by atoms with Crippen LogP contribution < -0.4 is 0 Å². The predicted octanol–water partition coefficient (Wildman–Crippen LogP) is 1.76. The van der Waals surface area contributed by atoms with E-state index >= 15 is 0 Å². The van der Waals surface area contributed by atoms with Crippen molar-refractivity contribution in [3.05, 3.63) is 0 Å². The molecule has 1 heterocycles. The van der Waals surface area contributed by atoms with Crippen molar-refractivity contribution in [1.82, 2.24) is 4.90 Å². The van der Waals surface area contributed by atoms with Gasteiger partial charge < -0.3 is 5.11 Å². The molecular weight excluding hydrogens is 223 g/mol. The Bertz CT molecular complexity index is 209. The van der Waals surface area contributed by atoms with Gasteiger partial charge in [0.15, 0.2) is 0 Å². The largest absolute Gasteiger partial charge is 0.522 e. The number of likely N-dealkylation sites (tertiary alicyclic amines) is 1. The van der Waals surface area contributed by atoms with Crippen LogP contribution in [0.15, 0.2) is 0 Å². The lowest BCUT2D eigenvalue weighted by Gasteiger charge is -2.25. The van der Waals surface area contributed by atoms with Gasteiger partial charge in [-0.2, -0.15) is 0 Å². The first kappa shape index (κ1) is 13.7. The number of aliphatic hydroxyl groups excluding tert-OH is 1. The lowest BCUT2D eigenvalue weighted by molar-refractivity contribution is -0.325. The summed E-state index contributed by atoms with van der Waals surface area (Å²) in [5, 5.41) is 9.25. The van der Waals surface area contributed by atoms with Crippen LogP contribution in [-0.2, 0) is 4.74 Å². The monoisotopic (exact) mass is 241 g/mol. The highest BCUT2D eigenvalue weighted by atomic mass is 19.4. The van der Waals surface area contributed by atoms with E-state index in [-0.39, 0.29) is 19.2 Å². The minimum absolute atomic E-state index is 0.192. The number of nitrogens with zero attached hydrogens (tertiary/aromatic N) is 1. The molecule has 0 saturated carbocycles. The van der Waals surface area contributed by atoms with Crippen molar-refractivity contribution < 1.29 is 23.0 Å².